The molecule has 0 amide bonds. The molecule has 0 N–H and O–H groups in total. The van der Waals surface area contributed by atoms with E-state index < -0.39 is 11.8 Å². The van der Waals surface area contributed by atoms with Crippen LogP contribution in [0.1, 0.15) is 36.8 Å². The fraction of sp³-hybridized carbons (Fsp3) is 0.276. The van der Waals surface area contributed by atoms with E-state index in [2.05, 4.69) is 0 Å². The van der Waals surface area contributed by atoms with Gasteiger partial charge in [0.05, 0.1) is 28.4 Å². The molecule has 4 aromatic carbocycles. The zero-order chi connectivity index (χ0) is 24.4. The topological polar surface area (TPSA) is 54.0 Å². The summed E-state index contributed by atoms with van der Waals surface area (Å²) in [7, 11) is 6.55. The predicted octanol–water partition coefficient (Wildman–Crippen LogP) is 6.50. The number of ether oxygens (including phenoxy) is 4. The van der Waals surface area contributed by atoms with Gasteiger partial charge in [0.15, 0.2) is 0 Å². The van der Waals surface area contributed by atoms with Crippen molar-refractivity contribution in [3.05, 3.63) is 71.8 Å². The highest BCUT2D eigenvalue weighted by Crippen LogP contribution is 2.44. The van der Waals surface area contributed by atoms with Crippen molar-refractivity contribution in [2.24, 2.45) is 0 Å². The number of hydrogen-bond donors (Lipinski definition) is 0. The minimum absolute atomic E-state index is 0.0475. The molecule has 0 radical (unpaired) electrons. The molecular weight excluding hydrogens is 428 g/mol. The molecule has 2 atom stereocenters. The summed E-state index contributed by atoms with van der Waals surface area (Å²) in [6.07, 6.45) is 0. The van der Waals surface area contributed by atoms with Crippen molar-refractivity contribution in [2.75, 3.05) is 28.4 Å². The largest absolute Gasteiger partial charge is 0.496 e. The molecular formula is C29H30O5. The Kier molecular flexibility index (Phi) is 6.64. The molecule has 0 heterocycles. The molecule has 2 unspecified atom stereocenters. The summed E-state index contributed by atoms with van der Waals surface area (Å²) in [4.78, 5) is 13.9. The minimum atomic E-state index is -0.439. The van der Waals surface area contributed by atoms with Gasteiger partial charge in [-0.3, -0.25) is 4.79 Å². The van der Waals surface area contributed by atoms with Gasteiger partial charge in [-0.05, 0) is 12.1 Å². The summed E-state index contributed by atoms with van der Waals surface area (Å²) in [5.74, 6) is 1.97. The van der Waals surface area contributed by atoms with E-state index in [0.29, 0.717) is 23.0 Å². The number of Topliss-reactive ketones (excluding diaryl/α,β-unsaturated/α-hetero) is 1. The molecule has 0 spiro atoms. The fourth-order valence-electron chi connectivity index (χ4n) is 4.79. The lowest BCUT2D eigenvalue weighted by Crippen LogP contribution is -2.18. The third-order valence-corrected chi connectivity index (χ3v) is 6.61. The van der Waals surface area contributed by atoms with Crippen molar-refractivity contribution in [1.82, 2.24) is 0 Å². The first kappa shape index (κ1) is 23.4. The number of fused-ring (bicyclic) bond motifs is 2. The van der Waals surface area contributed by atoms with Crippen molar-refractivity contribution >= 4 is 27.3 Å². The lowest BCUT2D eigenvalue weighted by Gasteiger charge is -2.23. The van der Waals surface area contributed by atoms with Crippen LogP contribution in [0.3, 0.4) is 0 Å². The van der Waals surface area contributed by atoms with Crippen LogP contribution in [0.5, 0.6) is 23.0 Å². The second-order valence-electron chi connectivity index (χ2n) is 8.34. The van der Waals surface area contributed by atoms with E-state index in [0.717, 1.165) is 32.7 Å². The Morgan fingerprint density at radius 1 is 0.588 bits per heavy atom. The molecule has 5 heteroatoms. The monoisotopic (exact) mass is 458 g/mol. The van der Waals surface area contributed by atoms with Crippen LogP contribution in [0.25, 0.3) is 21.5 Å². The summed E-state index contributed by atoms with van der Waals surface area (Å²) >= 11 is 0. The number of carbonyl (C=O) groups excluding carboxylic acids is 1. The molecule has 0 bridgehead atoms. The Hall–Kier alpha value is -3.73. The molecule has 0 aliphatic rings. The van der Waals surface area contributed by atoms with Crippen molar-refractivity contribution in [2.45, 2.75) is 25.7 Å². The van der Waals surface area contributed by atoms with E-state index in [4.69, 9.17) is 18.9 Å². The third-order valence-electron chi connectivity index (χ3n) is 6.61. The first-order chi connectivity index (χ1) is 16.5. The number of carbonyl (C=O) groups is 1. The molecule has 0 aliphatic heterocycles. The SMILES string of the molecule is COc1cc(C(C)C(=O)C(C)c2cc(OC)c3ccccc3c2OC)c(OC)c2ccccc12. The van der Waals surface area contributed by atoms with Crippen LogP contribution in [0.15, 0.2) is 60.7 Å². The van der Waals surface area contributed by atoms with Gasteiger partial charge in [0.1, 0.15) is 28.8 Å². The first-order valence-corrected chi connectivity index (χ1v) is 11.3. The Labute approximate surface area is 200 Å². The van der Waals surface area contributed by atoms with Gasteiger partial charge in [-0.15, -0.1) is 0 Å². The number of ketones is 1. The summed E-state index contributed by atoms with van der Waals surface area (Å²) in [6.45, 7) is 3.82. The smallest absolute Gasteiger partial charge is 0.147 e. The van der Waals surface area contributed by atoms with E-state index in [1.165, 1.54) is 0 Å². The van der Waals surface area contributed by atoms with Gasteiger partial charge in [0, 0.05) is 44.5 Å². The summed E-state index contributed by atoms with van der Waals surface area (Å²) in [5, 5.41) is 3.71. The number of methoxy groups -OCH3 is 4. The van der Waals surface area contributed by atoms with Crippen LogP contribution in [0, 0.1) is 0 Å². The highest BCUT2D eigenvalue weighted by molar-refractivity contribution is 6.01. The van der Waals surface area contributed by atoms with E-state index in [1.54, 1.807) is 28.4 Å². The van der Waals surface area contributed by atoms with E-state index in [-0.39, 0.29) is 5.78 Å². The second-order valence-corrected chi connectivity index (χ2v) is 8.34. The summed E-state index contributed by atoms with van der Waals surface area (Å²) in [5.41, 5.74) is 1.59. The minimum Gasteiger partial charge on any atom is -0.496 e. The van der Waals surface area contributed by atoms with E-state index >= 15 is 0 Å². The van der Waals surface area contributed by atoms with Gasteiger partial charge >= 0.3 is 0 Å². The van der Waals surface area contributed by atoms with Gasteiger partial charge in [-0.25, -0.2) is 0 Å². The highest BCUT2D eigenvalue weighted by Gasteiger charge is 2.30. The van der Waals surface area contributed by atoms with Crippen molar-refractivity contribution in [3.63, 3.8) is 0 Å². The predicted molar refractivity (Wildman–Crippen MR) is 136 cm³/mol. The van der Waals surface area contributed by atoms with Crippen LogP contribution in [0.2, 0.25) is 0 Å². The lowest BCUT2D eigenvalue weighted by atomic mass is 9.83. The van der Waals surface area contributed by atoms with Crippen LogP contribution < -0.4 is 18.9 Å². The Balaban J connectivity index is 1.83. The molecule has 4 rings (SSSR count). The number of benzene rings is 4. The maximum absolute atomic E-state index is 13.9. The summed E-state index contributed by atoms with van der Waals surface area (Å²) < 4.78 is 22.9. The molecule has 34 heavy (non-hydrogen) atoms. The van der Waals surface area contributed by atoms with Crippen molar-refractivity contribution < 1.29 is 23.7 Å². The lowest BCUT2D eigenvalue weighted by molar-refractivity contribution is -0.121. The molecule has 0 saturated heterocycles. The van der Waals surface area contributed by atoms with Crippen molar-refractivity contribution in [1.29, 1.82) is 0 Å². The van der Waals surface area contributed by atoms with Crippen LogP contribution in [-0.4, -0.2) is 34.2 Å². The van der Waals surface area contributed by atoms with Crippen LogP contribution in [-0.2, 0) is 4.79 Å². The van der Waals surface area contributed by atoms with Crippen molar-refractivity contribution in [3.8, 4) is 23.0 Å². The Morgan fingerprint density at radius 2 is 0.941 bits per heavy atom. The number of hydrogen-bond acceptors (Lipinski definition) is 5. The molecule has 0 aliphatic carbocycles. The fourth-order valence-corrected chi connectivity index (χ4v) is 4.79. The number of rotatable bonds is 8. The van der Waals surface area contributed by atoms with Crippen LogP contribution >= 0.6 is 0 Å². The quantitative estimate of drug-likeness (QED) is 0.301. The Morgan fingerprint density at radius 3 is 1.26 bits per heavy atom. The molecule has 5 nitrogen and oxygen atoms in total. The van der Waals surface area contributed by atoms with Gasteiger partial charge in [0.25, 0.3) is 0 Å². The molecule has 0 saturated carbocycles. The van der Waals surface area contributed by atoms with Gasteiger partial charge in [-0.2, -0.15) is 0 Å². The zero-order valence-corrected chi connectivity index (χ0v) is 20.5. The molecule has 0 fully saturated rings. The normalized spacial score (nSPS) is 12.9. The van der Waals surface area contributed by atoms with Gasteiger partial charge in [-0.1, -0.05) is 62.4 Å². The second kappa shape index (κ2) is 9.64. The summed E-state index contributed by atoms with van der Waals surface area (Å²) in [6, 6.07) is 19.6. The van der Waals surface area contributed by atoms with Crippen LogP contribution in [0.4, 0.5) is 0 Å². The first-order valence-electron chi connectivity index (χ1n) is 11.3. The molecule has 0 aromatic heterocycles. The maximum atomic E-state index is 13.9. The average Bonchev–Trinajstić information content (AvgIpc) is 2.89. The maximum Gasteiger partial charge on any atom is 0.147 e. The molecule has 176 valence electrons. The van der Waals surface area contributed by atoms with E-state index in [9.17, 15) is 4.79 Å². The van der Waals surface area contributed by atoms with Gasteiger partial charge in [0.2, 0.25) is 0 Å². The average molecular weight is 459 g/mol. The molecule has 4 aromatic rings. The zero-order valence-electron chi connectivity index (χ0n) is 20.5. The third kappa shape index (κ3) is 3.81. The standard InChI is InChI=1S/C29H30O5/c1-17(23-15-25(31-3)19-11-7-9-13-21(19)28(23)33-5)27(30)18(2)24-16-26(32-4)20-12-8-10-14-22(20)29(24)34-6/h7-18H,1-6H3. The highest BCUT2D eigenvalue weighted by atomic mass is 16.5. The van der Waals surface area contributed by atoms with E-state index in [1.807, 2.05) is 74.5 Å². The van der Waals surface area contributed by atoms with Gasteiger partial charge < -0.3 is 18.9 Å². The Bertz CT molecular complexity index is 1250.